The maximum absolute atomic E-state index is 14.7. The van der Waals surface area contributed by atoms with Gasteiger partial charge < -0.3 is 20.9 Å². The number of nitrogens with one attached hydrogen (secondary N) is 1. The van der Waals surface area contributed by atoms with E-state index in [2.05, 4.69) is 10.3 Å². The number of amides is 1. The molecule has 6 nitrogen and oxygen atoms in total. The highest BCUT2D eigenvalue weighted by Gasteiger charge is 2.45. The van der Waals surface area contributed by atoms with Crippen molar-refractivity contribution >= 4 is 11.9 Å². The molecule has 0 aromatic rings. The smallest absolute Gasteiger partial charge is 0.272 e. The zero-order chi connectivity index (χ0) is 15.1. The molecular formula is C14H20FN5O. The van der Waals surface area contributed by atoms with Crippen LogP contribution in [0, 0.1) is 0 Å². The number of hydrogen-bond acceptors (Lipinski definition) is 5. The van der Waals surface area contributed by atoms with Gasteiger partial charge in [0.1, 0.15) is 5.70 Å². The molecule has 0 saturated heterocycles. The van der Waals surface area contributed by atoms with Gasteiger partial charge in [0.25, 0.3) is 5.91 Å². The highest BCUT2D eigenvalue weighted by atomic mass is 19.1. The van der Waals surface area contributed by atoms with Gasteiger partial charge >= 0.3 is 0 Å². The van der Waals surface area contributed by atoms with E-state index in [-0.39, 0.29) is 23.6 Å². The molecule has 1 saturated carbocycles. The number of halogens is 1. The Morgan fingerprint density at radius 3 is 2.76 bits per heavy atom. The topological polar surface area (TPSA) is 74.0 Å². The van der Waals surface area contributed by atoms with Crippen LogP contribution < -0.4 is 11.1 Å². The fourth-order valence-electron chi connectivity index (χ4n) is 3.21. The highest BCUT2D eigenvalue weighted by molar-refractivity contribution is 5.95. The first-order valence-electron chi connectivity index (χ1n) is 7.20. The molecule has 2 heterocycles. The first kappa shape index (κ1) is 13.9. The average Bonchev–Trinajstić information content (AvgIpc) is 3.04. The van der Waals surface area contributed by atoms with Gasteiger partial charge in [-0.1, -0.05) is 12.8 Å². The van der Waals surface area contributed by atoms with Crippen LogP contribution in [0.3, 0.4) is 0 Å². The number of aliphatic imine (C=N–C) groups is 1. The van der Waals surface area contributed by atoms with E-state index in [0.29, 0.717) is 5.57 Å². The molecule has 0 spiro atoms. The van der Waals surface area contributed by atoms with E-state index in [1.165, 1.54) is 11.1 Å². The second-order valence-corrected chi connectivity index (χ2v) is 5.84. The van der Waals surface area contributed by atoms with Crippen molar-refractivity contribution in [1.82, 2.24) is 15.1 Å². The van der Waals surface area contributed by atoms with Gasteiger partial charge in [-0.15, -0.1) is 0 Å². The maximum atomic E-state index is 14.7. The summed E-state index contributed by atoms with van der Waals surface area (Å²) in [5.74, 6) is -0.573. The van der Waals surface area contributed by atoms with Crippen molar-refractivity contribution in [3.05, 3.63) is 23.3 Å². The summed E-state index contributed by atoms with van der Waals surface area (Å²) in [5.41, 5.74) is 6.21. The average molecular weight is 293 g/mol. The van der Waals surface area contributed by atoms with Crippen LogP contribution in [-0.4, -0.2) is 48.0 Å². The Bertz CT molecular complexity index is 560. The second-order valence-electron chi connectivity index (χ2n) is 5.84. The number of fused-ring (bicyclic) bond motifs is 1. The predicted molar refractivity (Wildman–Crippen MR) is 77.6 cm³/mol. The number of carbonyl (C=O) groups is 1. The number of nitrogens with zero attached hydrogens (tertiary/aromatic N) is 3. The fourth-order valence-corrected chi connectivity index (χ4v) is 3.21. The van der Waals surface area contributed by atoms with Crippen LogP contribution >= 0.6 is 0 Å². The lowest BCUT2D eigenvalue weighted by Gasteiger charge is -2.34. The molecule has 0 bridgehead atoms. The van der Waals surface area contributed by atoms with E-state index in [1.54, 1.807) is 14.1 Å². The summed E-state index contributed by atoms with van der Waals surface area (Å²) in [5, 5.41) is 2.72. The van der Waals surface area contributed by atoms with Crippen LogP contribution in [0.1, 0.15) is 25.7 Å². The van der Waals surface area contributed by atoms with Gasteiger partial charge in [-0.2, -0.15) is 0 Å². The Labute approximate surface area is 123 Å². The summed E-state index contributed by atoms with van der Waals surface area (Å²) in [4.78, 5) is 19.9. The predicted octanol–water partition coefficient (Wildman–Crippen LogP) is 0.642. The normalized spacial score (nSPS) is 25.5. The molecule has 0 aromatic carbocycles. The first-order valence-corrected chi connectivity index (χ1v) is 7.20. The van der Waals surface area contributed by atoms with Crippen LogP contribution in [0.2, 0.25) is 0 Å². The Kier molecular flexibility index (Phi) is 3.35. The van der Waals surface area contributed by atoms with Crippen LogP contribution in [0.5, 0.6) is 0 Å². The highest BCUT2D eigenvalue weighted by Crippen LogP contribution is 2.41. The number of carbonyl (C=O) groups excluding carboxylic acids is 1. The molecule has 1 atom stereocenters. The fraction of sp³-hybridized carbons (Fsp3) is 0.571. The van der Waals surface area contributed by atoms with Gasteiger partial charge in [0, 0.05) is 26.3 Å². The molecule has 1 aliphatic carbocycles. The monoisotopic (exact) mass is 293 g/mol. The summed E-state index contributed by atoms with van der Waals surface area (Å²) < 4.78 is 14.7. The molecule has 1 amide bonds. The van der Waals surface area contributed by atoms with E-state index in [9.17, 15) is 9.18 Å². The summed E-state index contributed by atoms with van der Waals surface area (Å²) >= 11 is 0. The molecule has 3 N–H and O–H groups in total. The van der Waals surface area contributed by atoms with E-state index < -0.39 is 12.0 Å². The van der Waals surface area contributed by atoms with Gasteiger partial charge in [0.2, 0.25) is 0 Å². The Balaban J connectivity index is 2.05. The largest absolute Gasteiger partial charge is 0.370 e. The summed E-state index contributed by atoms with van der Waals surface area (Å²) in [6, 6.07) is 0.139. The molecule has 21 heavy (non-hydrogen) atoms. The number of guanidine groups is 1. The molecule has 1 unspecified atom stereocenters. The second kappa shape index (κ2) is 5.05. The van der Waals surface area contributed by atoms with Gasteiger partial charge in [-0.3, -0.25) is 4.79 Å². The summed E-state index contributed by atoms with van der Waals surface area (Å²) in [6.45, 7) is 0. The zero-order valence-corrected chi connectivity index (χ0v) is 12.3. The van der Waals surface area contributed by atoms with Crippen molar-refractivity contribution in [2.45, 2.75) is 37.9 Å². The minimum absolute atomic E-state index is 0.114. The van der Waals surface area contributed by atoms with E-state index in [0.717, 1.165) is 25.7 Å². The molecule has 7 heteroatoms. The van der Waals surface area contributed by atoms with Crippen molar-refractivity contribution < 1.29 is 9.18 Å². The summed E-state index contributed by atoms with van der Waals surface area (Å²) in [6.07, 6.45) is 5.08. The van der Waals surface area contributed by atoms with Gasteiger partial charge in [-0.25, -0.2) is 9.38 Å². The minimum Gasteiger partial charge on any atom is -0.370 e. The van der Waals surface area contributed by atoms with Crippen LogP contribution in [0.25, 0.3) is 0 Å². The zero-order valence-electron chi connectivity index (χ0n) is 12.3. The SMILES string of the molecule is CN(C)C(=O)C1=C(F)C2=CNC(N)=NC2N1C1CCCC1. The third-order valence-corrected chi connectivity index (χ3v) is 4.22. The Morgan fingerprint density at radius 2 is 2.14 bits per heavy atom. The lowest BCUT2D eigenvalue weighted by molar-refractivity contribution is -0.126. The third kappa shape index (κ3) is 2.16. The number of nitrogens with two attached hydrogens (primary N) is 1. The number of rotatable bonds is 2. The van der Waals surface area contributed by atoms with E-state index >= 15 is 0 Å². The lowest BCUT2D eigenvalue weighted by atomic mass is 10.1. The van der Waals surface area contributed by atoms with Crippen LogP contribution in [0.15, 0.2) is 28.3 Å². The van der Waals surface area contributed by atoms with Gasteiger partial charge in [-0.05, 0) is 12.8 Å². The van der Waals surface area contributed by atoms with Crippen molar-refractivity contribution in [3.8, 4) is 0 Å². The standard InChI is InChI=1S/C14H20FN5O/c1-19(2)13(21)11-10(15)9-7-17-14(16)18-12(9)20(11)8-5-3-4-6-8/h7-8,12H,3-6H2,1-2H3,(H3,16,17,18). The molecule has 0 aromatic heterocycles. The van der Waals surface area contributed by atoms with Crippen LogP contribution in [-0.2, 0) is 4.79 Å². The van der Waals surface area contributed by atoms with E-state index in [1.807, 2.05) is 4.90 Å². The van der Waals surface area contributed by atoms with Crippen LogP contribution in [0.4, 0.5) is 4.39 Å². The van der Waals surface area contributed by atoms with Crippen molar-refractivity contribution in [2.24, 2.45) is 10.7 Å². The maximum Gasteiger partial charge on any atom is 0.272 e. The van der Waals surface area contributed by atoms with Crippen molar-refractivity contribution in [2.75, 3.05) is 14.1 Å². The Hall–Kier alpha value is -2.05. The molecule has 3 aliphatic rings. The molecule has 1 fully saturated rings. The summed E-state index contributed by atoms with van der Waals surface area (Å²) in [7, 11) is 3.25. The number of hydrogen-bond donors (Lipinski definition) is 2. The van der Waals surface area contributed by atoms with Gasteiger partial charge in [0.05, 0.1) is 5.57 Å². The lowest BCUT2D eigenvalue weighted by Crippen LogP contribution is -2.45. The van der Waals surface area contributed by atoms with Crippen molar-refractivity contribution in [3.63, 3.8) is 0 Å². The van der Waals surface area contributed by atoms with E-state index in [4.69, 9.17) is 5.73 Å². The molecule has 3 rings (SSSR count). The Morgan fingerprint density at radius 1 is 1.48 bits per heavy atom. The molecule has 2 aliphatic heterocycles. The molecule has 0 radical (unpaired) electrons. The molecular weight excluding hydrogens is 273 g/mol. The molecule has 114 valence electrons. The van der Waals surface area contributed by atoms with Gasteiger partial charge in [0.15, 0.2) is 18.0 Å². The number of likely N-dealkylation sites (N-methyl/N-ethyl adjacent to an activating group) is 1. The first-order chi connectivity index (χ1) is 10.0. The minimum atomic E-state index is -0.520. The quantitative estimate of drug-likeness (QED) is 0.783. The van der Waals surface area contributed by atoms with Crippen molar-refractivity contribution in [1.29, 1.82) is 0 Å². The third-order valence-electron chi connectivity index (χ3n) is 4.22.